The van der Waals surface area contributed by atoms with Gasteiger partial charge in [-0.05, 0) is 24.7 Å². The second-order valence-electron chi connectivity index (χ2n) is 3.79. The van der Waals surface area contributed by atoms with E-state index in [4.69, 9.17) is 19.7 Å². The molecule has 1 aromatic carbocycles. The van der Waals surface area contributed by atoms with Crippen LogP contribution in [0.5, 0.6) is 11.5 Å². The Balaban J connectivity index is 2.40. The Bertz CT molecular complexity index is 523. The largest absolute Gasteiger partial charge is 0.497 e. The fourth-order valence-electron chi connectivity index (χ4n) is 1.71. The number of ether oxygens (including phenoxy) is 2. The van der Waals surface area contributed by atoms with Gasteiger partial charge in [-0.25, -0.2) is 0 Å². The van der Waals surface area contributed by atoms with E-state index in [0.29, 0.717) is 24.5 Å². The molecular weight excluding hydrogens is 232 g/mol. The van der Waals surface area contributed by atoms with E-state index in [1.54, 1.807) is 14.2 Å². The molecule has 0 bridgehead atoms. The third kappa shape index (κ3) is 2.46. The molecule has 0 radical (unpaired) electrons. The van der Waals surface area contributed by atoms with Crippen molar-refractivity contribution < 1.29 is 14.0 Å². The Kier molecular flexibility index (Phi) is 3.84. The van der Waals surface area contributed by atoms with Crippen molar-refractivity contribution in [2.45, 2.75) is 6.42 Å². The molecule has 0 saturated heterocycles. The van der Waals surface area contributed by atoms with E-state index in [0.717, 1.165) is 17.0 Å². The van der Waals surface area contributed by atoms with Crippen LogP contribution < -0.4 is 15.2 Å². The lowest BCUT2D eigenvalue weighted by Crippen LogP contribution is -2.02. The van der Waals surface area contributed by atoms with Crippen molar-refractivity contribution in [1.29, 1.82) is 0 Å². The van der Waals surface area contributed by atoms with Crippen LogP contribution in [0.3, 0.4) is 0 Å². The molecule has 0 saturated carbocycles. The first-order chi connectivity index (χ1) is 8.78. The zero-order valence-electron chi connectivity index (χ0n) is 10.5. The minimum atomic E-state index is 0.543. The highest BCUT2D eigenvalue weighted by molar-refractivity contribution is 5.67. The maximum absolute atomic E-state index is 5.48. The lowest BCUT2D eigenvalue weighted by atomic mass is 10.1. The van der Waals surface area contributed by atoms with E-state index < -0.39 is 0 Å². The molecule has 0 aliphatic carbocycles. The van der Waals surface area contributed by atoms with E-state index in [1.165, 1.54) is 0 Å². The van der Waals surface area contributed by atoms with Gasteiger partial charge in [0, 0.05) is 12.5 Å². The van der Waals surface area contributed by atoms with Gasteiger partial charge in [-0.3, -0.25) is 0 Å². The van der Waals surface area contributed by atoms with Gasteiger partial charge >= 0.3 is 0 Å². The minimum absolute atomic E-state index is 0.543. The first-order valence-electron chi connectivity index (χ1n) is 5.66. The Morgan fingerprint density at radius 3 is 2.72 bits per heavy atom. The van der Waals surface area contributed by atoms with Crippen molar-refractivity contribution in [3.05, 3.63) is 30.0 Å². The van der Waals surface area contributed by atoms with Crippen LogP contribution in [0.4, 0.5) is 0 Å². The van der Waals surface area contributed by atoms with Crippen LogP contribution in [0.1, 0.15) is 5.69 Å². The molecule has 5 heteroatoms. The highest BCUT2D eigenvalue weighted by Gasteiger charge is 2.13. The molecule has 0 aliphatic heterocycles. The first kappa shape index (κ1) is 12.4. The van der Waals surface area contributed by atoms with Crippen molar-refractivity contribution in [3.8, 4) is 22.8 Å². The predicted octanol–water partition coefficient (Wildman–Crippen LogP) is 1.86. The van der Waals surface area contributed by atoms with Gasteiger partial charge in [-0.15, -0.1) is 0 Å². The van der Waals surface area contributed by atoms with Crippen molar-refractivity contribution in [1.82, 2.24) is 5.16 Å². The number of nitrogens with two attached hydrogens (primary N) is 1. The Hall–Kier alpha value is -2.01. The highest BCUT2D eigenvalue weighted by Crippen LogP contribution is 2.33. The smallest absolute Gasteiger partial charge is 0.170 e. The molecule has 0 unspecified atom stereocenters. The van der Waals surface area contributed by atoms with Crippen LogP contribution in [0, 0.1) is 0 Å². The Morgan fingerprint density at radius 2 is 2.06 bits per heavy atom. The molecule has 96 valence electrons. The molecule has 18 heavy (non-hydrogen) atoms. The third-order valence-electron chi connectivity index (χ3n) is 2.63. The second kappa shape index (κ2) is 5.55. The normalized spacial score (nSPS) is 10.4. The van der Waals surface area contributed by atoms with Gasteiger partial charge in [0.15, 0.2) is 5.76 Å². The second-order valence-corrected chi connectivity index (χ2v) is 3.79. The number of methoxy groups -OCH3 is 2. The fraction of sp³-hybridized carbons (Fsp3) is 0.308. The summed E-state index contributed by atoms with van der Waals surface area (Å²) >= 11 is 0. The quantitative estimate of drug-likeness (QED) is 0.874. The number of hydrogen-bond donors (Lipinski definition) is 1. The molecule has 0 aliphatic rings. The van der Waals surface area contributed by atoms with Gasteiger partial charge in [-0.2, -0.15) is 0 Å². The summed E-state index contributed by atoms with van der Waals surface area (Å²) in [5.74, 6) is 2.10. The van der Waals surface area contributed by atoms with E-state index in [9.17, 15) is 0 Å². The van der Waals surface area contributed by atoms with E-state index >= 15 is 0 Å². The molecule has 0 fully saturated rings. The molecule has 0 atom stereocenters. The van der Waals surface area contributed by atoms with Gasteiger partial charge in [0.2, 0.25) is 0 Å². The average molecular weight is 248 g/mol. The van der Waals surface area contributed by atoms with Crippen LogP contribution in [-0.2, 0) is 6.42 Å². The van der Waals surface area contributed by atoms with E-state index in [1.807, 2.05) is 24.3 Å². The molecule has 5 nitrogen and oxygen atoms in total. The van der Waals surface area contributed by atoms with Gasteiger partial charge in [0.05, 0.1) is 25.5 Å². The van der Waals surface area contributed by atoms with Gasteiger partial charge in [0.25, 0.3) is 0 Å². The predicted molar refractivity (Wildman–Crippen MR) is 67.8 cm³/mol. The molecule has 0 spiro atoms. The summed E-state index contributed by atoms with van der Waals surface area (Å²) in [5, 5.41) is 3.96. The lowest BCUT2D eigenvalue weighted by molar-refractivity contribution is 0.396. The maximum Gasteiger partial charge on any atom is 0.170 e. The maximum atomic E-state index is 5.48. The molecule has 1 heterocycles. The van der Waals surface area contributed by atoms with E-state index in [-0.39, 0.29) is 0 Å². The number of rotatable bonds is 5. The minimum Gasteiger partial charge on any atom is -0.497 e. The van der Waals surface area contributed by atoms with Crippen LogP contribution in [-0.4, -0.2) is 25.9 Å². The summed E-state index contributed by atoms with van der Waals surface area (Å²) in [4.78, 5) is 0. The molecule has 2 N–H and O–H groups in total. The molecule has 0 amide bonds. The standard InChI is InChI=1S/C13H16N2O3/c1-16-10-3-4-12(17-2)11(8-10)13-7-9(5-6-14)15-18-13/h3-4,7-8H,5-6,14H2,1-2H3. The summed E-state index contributed by atoms with van der Waals surface area (Å²) < 4.78 is 15.8. The zero-order chi connectivity index (χ0) is 13.0. The Labute approximate surface area is 105 Å². The van der Waals surface area contributed by atoms with Crippen LogP contribution in [0.25, 0.3) is 11.3 Å². The topological polar surface area (TPSA) is 70.5 Å². The number of hydrogen-bond acceptors (Lipinski definition) is 5. The molecule has 2 rings (SSSR count). The number of nitrogens with zero attached hydrogens (tertiary/aromatic N) is 1. The summed E-state index contributed by atoms with van der Waals surface area (Å²) in [6.07, 6.45) is 0.690. The molecule has 2 aromatic rings. The monoisotopic (exact) mass is 248 g/mol. The van der Waals surface area contributed by atoms with Crippen molar-refractivity contribution in [2.75, 3.05) is 20.8 Å². The van der Waals surface area contributed by atoms with Crippen LogP contribution >= 0.6 is 0 Å². The third-order valence-corrected chi connectivity index (χ3v) is 2.63. The van der Waals surface area contributed by atoms with Crippen molar-refractivity contribution in [2.24, 2.45) is 5.73 Å². The summed E-state index contributed by atoms with van der Waals surface area (Å²) in [6, 6.07) is 7.38. The van der Waals surface area contributed by atoms with Crippen LogP contribution in [0.2, 0.25) is 0 Å². The first-order valence-corrected chi connectivity index (χ1v) is 5.66. The lowest BCUT2D eigenvalue weighted by Gasteiger charge is -2.07. The number of aromatic nitrogens is 1. The summed E-state index contributed by atoms with van der Waals surface area (Å²) in [6.45, 7) is 0.543. The van der Waals surface area contributed by atoms with Gasteiger partial charge in [0.1, 0.15) is 11.5 Å². The average Bonchev–Trinajstić information content (AvgIpc) is 2.87. The Morgan fingerprint density at radius 1 is 1.22 bits per heavy atom. The van der Waals surface area contributed by atoms with Gasteiger partial charge in [-0.1, -0.05) is 5.16 Å². The molecular formula is C13H16N2O3. The summed E-state index contributed by atoms with van der Waals surface area (Å²) in [7, 11) is 3.23. The fourth-order valence-corrected chi connectivity index (χ4v) is 1.71. The number of benzene rings is 1. The van der Waals surface area contributed by atoms with E-state index in [2.05, 4.69) is 5.16 Å². The summed E-state index contributed by atoms with van der Waals surface area (Å²) in [5.41, 5.74) is 7.13. The van der Waals surface area contributed by atoms with Crippen molar-refractivity contribution >= 4 is 0 Å². The van der Waals surface area contributed by atoms with Crippen molar-refractivity contribution in [3.63, 3.8) is 0 Å². The molecule has 1 aromatic heterocycles. The van der Waals surface area contributed by atoms with Gasteiger partial charge < -0.3 is 19.7 Å². The SMILES string of the molecule is COc1ccc(OC)c(-c2cc(CCN)no2)c1. The highest BCUT2D eigenvalue weighted by atomic mass is 16.5. The zero-order valence-corrected chi connectivity index (χ0v) is 10.5. The van der Waals surface area contributed by atoms with Crippen LogP contribution in [0.15, 0.2) is 28.8 Å².